The van der Waals surface area contributed by atoms with E-state index in [2.05, 4.69) is 16.3 Å². The van der Waals surface area contributed by atoms with Crippen LogP contribution in [0.15, 0.2) is 0 Å². The molecule has 5 nitrogen and oxygen atoms in total. The van der Waals surface area contributed by atoms with Crippen LogP contribution in [0.3, 0.4) is 0 Å². The summed E-state index contributed by atoms with van der Waals surface area (Å²) in [5.74, 6) is -0.620. The highest BCUT2D eigenvalue weighted by atomic mass is 19.4. The van der Waals surface area contributed by atoms with Crippen molar-refractivity contribution in [2.45, 2.75) is 45.1 Å². The van der Waals surface area contributed by atoms with Crippen LogP contribution in [0, 0.1) is 11.3 Å². The largest absolute Gasteiger partial charge is 0.451 e. The summed E-state index contributed by atoms with van der Waals surface area (Å²) in [6, 6.07) is 2.16. The third-order valence-corrected chi connectivity index (χ3v) is 3.35. The van der Waals surface area contributed by atoms with Gasteiger partial charge in [-0.1, -0.05) is 6.92 Å². The molecular formula is C11H14F3N5. The number of halogens is 3. The Morgan fingerprint density at radius 3 is 2.68 bits per heavy atom. The lowest BCUT2D eigenvalue weighted by Crippen LogP contribution is -2.41. The molecule has 0 bridgehead atoms. The van der Waals surface area contributed by atoms with Gasteiger partial charge in [0.25, 0.3) is 0 Å². The van der Waals surface area contributed by atoms with Crippen molar-refractivity contribution in [2.24, 2.45) is 0 Å². The maximum Gasteiger partial charge on any atom is 0.451 e. The Hall–Kier alpha value is -1.62. The second kappa shape index (κ2) is 5.17. The van der Waals surface area contributed by atoms with Gasteiger partial charge in [0.15, 0.2) is 0 Å². The van der Waals surface area contributed by atoms with Crippen LogP contribution < -0.4 is 0 Å². The summed E-state index contributed by atoms with van der Waals surface area (Å²) < 4.78 is 39.1. The molecule has 1 aromatic heterocycles. The van der Waals surface area contributed by atoms with Crippen molar-refractivity contribution in [1.29, 1.82) is 5.26 Å². The summed E-state index contributed by atoms with van der Waals surface area (Å²) >= 11 is 0. The SMILES string of the molecule is CCC(CC#N)N1CCn2c(nnc2C(F)(F)F)C1. The predicted molar refractivity (Wildman–Crippen MR) is 59.7 cm³/mol. The molecule has 1 aromatic rings. The van der Waals surface area contributed by atoms with E-state index in [0.717, 1.165) is 11.0 Å². The van der Waals surface area contributed by atoms with E-state index in [0.29, 0.717) is 25.3 Å². The van der Waals surface area contributed by atoms with Gasteiger partial charge in [-0.25, -0.2) is 0 Å². The van der Waals surface area contributed by atoms with Crippen molar-refractivity contribution in [3.05, 3.63) is 11.6 Å². The monoisotopic (exact) mass is 273 g/mol. The summed E-state index contributed by atoms with van der Waals surface area (Å²) in [6.07, 6.45) is -3.31. The van der Waals surface area contributed by atoms with Gasteiger partial charge in [0.1, 0.15) is 5.82 Å². The highest BCUT2D eigenvalue weighted by molar-refractivity contribution is 5.03. The third kappa shape index (κ3) is 2.71. The molecule has 104 valence electrons. The maximum absolute atomic E-state index is 12.7. The zero-order chi connectivity index (χ0) is 14.0. The molecular weight excluding hydrogens is 259 g/mol. The lowest BCUT2D eigenvalue weighted by Gasteiger charge is -2.33. The molecule has 1 atom stereocenters. The summed E-state index contributed by atoms with van der Waals surface area (Å²) in [5.41, 5.74) is 0. The Kier molecular flexibility index (Phi) is 3.75. The summed E-state index contributed by atoms with van der Waals surface area (Å²) in [4.78, 5) is 1.99. The number of alkyl halides is 3. The zero-order valence-corrected chi connectivity index (χ0v) is 10.5. The minimum absolute atomic E-state index is 0.0600. The highest BCUT2D eigenvalue weighted by Gasteiger charge is 2.39. The Balaban J connectivity index is 2.18. The molecule has 0 radical (unpaired) electrons. The molecule has 0 saturated carbocycles. The molecule has 0 aromatic carbocycles. The van der Waals surface area contributed by atoms with Gasteiger partial charge in [-0.2, -0.15) is 18.4 Å². The van der Waals surface area contributed by atoms with E-state index in [1.54, 1.807) is 0 Å². The molecule has 1 unspecified atom stereocenters. The summed E-state index contributed by atoms with van der Waals surface area (Å²) in [5, 5.41) is 15.6. The first-order chi connectivity index (χ1) is 8.97. The van der Waals surface area contributed by atoms with Gasteiger partial charge >= 0.3 is 6.18 Å². The standard InChI is InChI=1S/C11H14F3N5/c1-2-8(3-4-15)18-5-6-19-9(7-18)16-17-10(19)11(12,13)14/h8H,2-3,5-7H2,1H3. The van der Waals surface area contributed by atoms with Crippen LogP contribution in [0.25, 0.3) is 0 Å². The van der Waals surface area contributed by atoms with Gasteiger partial charge in [-0.3, -0.25) is 4.90 Å². The van der Waals surface area contributed by atoms with Crippen LogP contribution in [0.5, 0.6) is 0 Å². The highest BCUT2D eigenvalue weighted by Crippen LogP contribution is 2.30. The summed E-state index contributed by atoms with van der Waals surface area (Å²) in [7, 11) is 0. The molecule has 0 spiro atoms. The lowest BCUT2D eigenvalue weighted by atomic mass is 10.1. The average molecular weight is 273 g/mol. The molecule has 0 saturated heterocycles. The average Bonchev–Trinajstić information content (AvgIpc) is 2.78. The molecule has 1 aliphatic heterocycles. The molecule has 1 aliphatic rings. The first-order valence-electron chi connectivity index (χ1n) is 6.07. The van der Waals surface area contributed by atoms with Crippen molar-refractivity contribution in [3.63, 3.8) is 0 Å². The van der Waals surface area contributed by atoms with E-state index in [1.807, 2.05) is 11.8 Å². The number of aromatic nitrogens is 3. The van der Waals surface area contributed by atoms with Crippen LogP contribution in [0.1, 0.15) is 31.4 Å². The van der Waals surface area contributed by atoms with Crippen molar-refractivity contribution in [1.82, 2.24) is 19.7 Å². The van der Waals surface area contributed by atoms with E-state index >= 15 is 0 Å². The molecule has 8 heteroatoms. The van der Waals surface area contributed by atoms with Crippen molar-refractivity contribution >= 4 is 0 Å². The number of nitrogens with zero attached hydrogens (tertiary/aromatic N) is 5. The molecule has 0 amide bonds. The topological polar surface area (TPSA) is 57.7 Å². The van der Waals surface area contributed by atoms with Crippen LogP contribution in [-0.4, -0.2) is 32.3 Å². The van der Waals surface area contributed by atoms with Crippen LogP contribution >= 0.6 is 0 Å². The Bertz CT molecular complexity index is 488. The Morgan fingerprint density at radius 1 is 1.37 bits per heavy atom. The normalized spacial score (nSPS) is 17.8. The van der Waals surface area contributed by atoms with Crippen LogP contribution in [0.2, 0.25) is 0 Å². The number of hydrogen-bond acceptors (Lipinski definition) is 4. The van der Waals surface area contributed by atoms with Crippen molar-refractivity contribution < 1.29 is 13.2 Å². The smallest absolute Gasteiger partial charge is 0.305 e. The van der Waals surface area contributed by atoms with E-state index in [9.17, 15) is 13.2 Å². The van der Waals surface area contributed by atoms with Crippen molar-refractivity contribution in [3.8, 4) is 6.07 Å². The van der Waals surface area contributed by atoms with Gasteiger partial charge < -0.3 is 4.57 Å². The number of fused-ring (bicyclic) bond motifs is 1. The minimum Gasteiger partial charge on any atom is -0.305 e. The second-order valence-corrected chi connectivity index (χ2v) is 4.48. The molecule has 0 fully saturated rings. The molecule has 2 heterocycles. The molecule has 0 N–H and O–H groups in total. The fourth-order valence-electron chi connectivity index (χ4n) is 2.33. The van der Waals surface area contributed by atoms with Gasteiger partial charge in [-0.15, -0.1) is 10.2 Å². The van der Waals surface area contributed by atoms with Gasteiger partial charge in [0.05, 0.1) is 19.0 Å². The fourth-order valence-corrected chi connectivity index (χ4v) is 2.33. The first-order valence-corrected chi connectivity index (χ1v) is 6.07. The van der Waals surface area contributed by atoms with Gasteiger partial charge in [0, 0.05) is 19.1 Å². The van der Waals surface area contributed by atoms with E-state index < -0.39 is 12.0 Å². The van der Waals surface area contributed by atoms with Crippen molar-refractivity contribution in [2.75, 3.05) is 6.54 Å². The van der Waals surface area contributed by atoms with Crippen LogP contribution in [-0.2, 0) is 19.3 Å². The van der Waals surface area contributed by atoms with E-state index in [4.69, 9.17) is 5.26 Å². The first kappa shape index (κ1) is 13.8. The Morgan fingerprint density at radius 2 is 2.11 bits per heavy atom. The van der Waals surface area contributed by atoms with E-state index in [1.165, 1.54) is 0 Å². The zero-order valence-electron chi connectivity index (χ0n) is 10.5. The number of nitriles is 1. The fraction of sp³-hybridized carbons (Fsp3) is 0.727. The number of hydrogen-bond donors (Lipinski definition) is 0. The van der Waals surface area contributed by atoms with E-state index in [-0.39, 0.29) is 12.6 Å². The summed E-state index contributed by atoms with van der Waals surface area (Å²) in [6.45, 7) is 2.96. The maximum atomic E-state index is 12.7. The molecule has 0 aliphatic carbocycles. The predicted octanol–water partition coefficient (Wildman–Crippen LogP) is 1.80. The molecule has 2 rings (SSSR count). The van der Waals surface area contributed by atoms with Gasteiger partial charge in [-0.05, 0) is 6.42 Å². The van der Waals surface area contributed by atoms with Crippen LogP contribution in [0.4, 0.5) is 13.2 Å². The quantitative estimate of drug-likeness (QED) is 0.842. The number of rotatable bonds is 3. The second-order valence-electron chi connectivity index (χ2n) is 4.48. The third-order valence-electron chi connectivity index (χ3n) is 3.35. The Labute approximate surface area is 108 Å². The van der Waals surface area contributed by atoms with Gasteiger partial charge in [0.2, 0.25) is 5.82 Å². The lowest BCUT2D eigenvalue weighted by molar-refractivity contribution is -0.148. The molecule has 19 heavy (non-hydrogen) atoms. The minimum atomic E-state index is -4.47.